The van der Waals surface area contributed by atoms with Crippen LogP contribution in [-0.4, -0.2) is 16.7 Å². The summed E-state index contributed by atoms with van der Waals surface area (Å²) in [6.07, 6.45) is 2.08. The first-order valence-corrected chi connectivity index (χ1v) is 5.54. The van der Waals surface area contributed by atoms with Gasteiger partial charge in [-0.15, -0.1) is 0 Å². The Hall–Kier alpha value is -1.75. The Morgan fingerprint density at radius 2 is 2.00 bits per heavy atom. The van der Waals surface area contributed by atoms with Crippen molar-refractivity contribution in [3.05, 3.63) is 47.4 Å². The van der Waals surface area contributed by atoms with Crippen LogP contribution in [0.1, 0.15) is 23.7 Å². The van der Waals surface area contributed by atoms with Crippen LogP contribution in [0.3, 0.4) is 0 Å². The molecule has 1 heterocycles. The van der Waals surface area contributed by atoms with Crippen molar-refractivity contribution in [1.29, 1.82) is 0 Å². The van der Waals surface area contributed by atoms with Crippen LogP contribution in [0.4, 0.5) is 4.39 Å². The Labute approximate surface area is 98.6 Å². The third kappa shape index (κ3) is 3.35. The lowest BCUT2D eigenvalue weighted by atomic mass is 10.1. The summed E-state index contributed by atoms with van der Waals surface area (Å²) in [4.78, 5) is 4.24. The van der Waals surface area contributed by atoms with Gasteiger partial charge in [0.15, 0.2) is 5.82 Å². The lowest BCUT2D eigenvalue weighted by Crippen LogP contribution is -2.00. The predicted octanol–water partition coefficient (Wildman–Crippen LogP) is 1.69. The topological polar surface area (TPSA) is 64.9 Å². The van der Waals surface area contributed by atoms with Gasteiger partial charge in [-0.2, -0.15) is 4.98 Å². The molecule has 1 aromatic heterocycles. The second kappa shape index (κ2) is 5.54. The van der Waals surface area contributed by atoms with Gasteiger partial charge in [-0.3, -0.25) is 0 Å². The van der Waals surface area contributed by atoms with Crippen LogP contribution in [-0.2, 0) is 12.8 Å². The van der Waals surface area contributed by atoms with Crippen LogP contribution in [0.25, 0.3) is 0 Å². The molecular formula is C12H14FN3O. The normalized spacial score (nSPS) is 10.7. The van der Waals surface area contributed by atoms with E-state index in [-0.39, 0.29) is 5.82 Å². The lowest BCUT2D eigenvalue weighted by Gasteiger charge is -1.95. The van der Waals surface area contributed by atoms with Crippen molar-refractivity contribution in [1.82, 2.24) is 10.1 Å². The number of halogens is 1. The molecule has 2 aromatic rings. The molecule has 2 N–H and O–H groups in total. The van der Waals surface area contributed by atoms with Gasteiger partial charge in [-0.05, 0) is 30.7 Å². The first-order valence-electron chi connectivity index (χ1n) is 5.54. The largest absolute Gasteiger partial charge is 0.339 e. The van der Waals surface area contributed by atoms with Crippen molar-refractivity contribution >= 4 is 0 Å². The van der Waals surface area contributed by atoms with Crippen molar-refractivity contribution in [2.24, 2.45) is 5.73 Å². The van der Waals surface area contributed by atoms with Gasteiger partial charge in [-0.1, -0.05) is 17.3 Å². The number of nitrogens with two attached hydrogens (primary N) is 1. The first kappa shape index (κ1) is 11.7. The minimum absolute atomic E-state index is 0.245. The standard InChI is InChI=1S/C12H14FN3O/c13-10-5-3-9(4-6-10)8-11-15-12(17-16-11)2-1-7-14/h3-6H,1-2,7-8,14H2. The summed E-state index contributed by atoms with van der Waals surface area (Å²) in [5, 5.41) is 3.87. The Balaban J connectivity index is 1.98. The number of rotatable bonds is 5. The third-order valence-corrected chi connectivity index (χ3v) is 2.38. The fourth-order valence-electron chi connectivity index (χ4n) is 1.50. The predicted molar refractivity (Wildman–Crippen MR) is 60.9 cm³/mol. The molecule has 0 atom stereocenters. The first-order chi connectivity index (χ1) is 8.28. The van der Waals surface area contributed by atoms with Crippen LogP contribution in [0.5, 0.6) is 0 Å². The molecule has 0 aliphatic rings. The van der Waals surface area contributed by atoms with E-state index in [0.29, 0.717) is 31.1 Å². The maximum absolute atomic E-state index is 12.7. The molecule has 0 amide bonds. The molecule has 0 saturated carbocycles. The zero-order chi connectivity index (χ0) is 12.1. The Morgan fingerprint density at radius 1 is 1.24 bits per heavy atom. The molecule has 0 bridgehead atoms. The van der Waals surface area contributed by atoms with Crippen molar-refractivity contribution in [3.8, 4) is 0 Å². The fraction of sp³-hybridized carbons (Fsp3) is 0.333. The molecule has 0 aliphatic carbocycles. The molecule has 0 saturated heterocycles. The monoisotopic (exact) mass is 235 g/mol. The summed E-state index contributed by atoms with van der Waals surface area (Å²) in [7, 11) is 0. The molecule has 0 unspecified atom stereocenters. The van der Waals surface area contributed by atoms with Crippen molar-refractivity contribution in [2.75, 3.05) is 6.54 Å². The molecule has 0 radical (unpaired) electrons. The molecule has 90 valence electrons. The Bertz CT molecular complexity index is 467. The van der Waals surface area contributed by atoms with Crippen molar-refractivity contribution < 1.29 is 8.91 Å². The number of aromatic nitrogens is 2. The van der Waals surface area contributed by atoms with E-state index in [9.17, 15) is 4.39 Å². The van der Waals surface area contributed by atoms with Gasteiger partial charge in [0.25, 0.3) is 0 Å². The number of hydrogen-bond acceptors (Lipinski definition) is 4. The van der Waals surface area contributed by atoms with Crippen molar-refractivity contribution in [3.63, 3.8) is 0 Å². The summed E-state index contributed by atoms with van der Waals surface area (Å²) < 4.78 is 17.8. The molecule has 0 fully saturated rings. The minimum Gasteiger partial charge on any atom is -0.339 e. The molecule has 0 aliphatic heterocycles. The average Bonchev–Trinajstić information content (AvgIpc) is 2.77. The molecule has 5 heteroatoms. The molecular weight excluding hydrogens is 221 g/mol. The SMILES string of the molecule is NCCCc1nc(Cc2ccc(F)cc2)no1. The highest BCUT2D eigenvalue weighted by Crippen LogP contribution is 2.08. The smallest absolute Gasteiger partial charge is 0.226 e. The third-order valence-electron chi connectivity index (χ3n) is 2.38. The van der Waals surface area contributed by atoms with Gasteiger partial charge in [0, 0.05) is 12.8 Å². The maximum Gasteiger partial charge on any atom is 0.226 e. The van der Waals surface area contributed by atoms with E-state index in [0.717, 1.165) is 12.0 Å². The van der Waals surface area contributed by atoms with Crippen LogP contribution >= 0.6 is 0 Å². The highest BCUT2D eigenvalue weighted by molar-refractivity contribution is 5.19. The summed E-state index contributed by atoms with van der Waals surface area (Å²) in [5.41, 5.74) is 6.35. The summed E-state index contributed by atoms with van der Waals surface area (Å²) in [6.45, 7) is 0.607. The van der Waals surface area contributed by atoms with E-state index in [4.69, 9.17) is 10.3 Å². The van der Waals surface area contributed by atoms with E-state index in [2.05, 4.69) is 10.1 Å². The Morgan fingerprint density at radius 3 is 2.71 bits per heavy atom. The van der Waals surface area contributed by atoms with Gasteiger partial charge in [0.05, 0.1) is 0 Å². The van der Waals surface area contributed by atoms with Gasteiger partial charge < -0.3 is 10.3 Å². The fourth-order valence-corrected chi connectivity index (χ4v) is 1.50. The highest BCUT2D eigenvalue weighted by atomic mass is 19.1. The van der Waals surface area contributed by atoms with Gasteiger partial charge in [0.1, 0.15) is 5.82 Å². The zero-order valence-electron chi connectivity index (χ0n) is 9.40. The van der Waals surface area contributed by atoms with E-state index >= 15 is 0 Å². The number of aryl methyl sites for hydroxylation is 1. The van der Waals surface area contributed by atoms with E-state index in [1.54, 1.807) is 12.1 Å². The van der Waals surface area contributed by atoms with Crippen molar-refractivity contribution in [2.45, 2.75) is 19.3 Å². The van der Waals surface area contributed by atoms with Crippen LogP contribution in [0.15, 0.2) is 28.8 Å². The summed E-state index contributed by atoms with van der Waals surface area (Å²) in [5.74, 6) is 0.974. The van der Waals surface area contributed by atoms with Crippen LogP contribution in [0.2, 0.25) is 0 Å². The van der Waals surface area contributed by atoms with E-state index in [1.165, 1.54) is 12.1 Å². The van der Waals surface area contributed by atoms with Crippen LogP contribution < -0.4 is 5.73 Å². The summed E-state index contributed by atoms with van der Waals surface area (Å²) >= 11 is 0. The van der Waals surface area contributed by atoms with E-state index < -0.39 is 0 Å². The van der Waals surface area contributed by atoms with Crippen LogP contribution in [0, 0.1) is 5.82 Å². The number of hydrogen-bond donors (Lipinski definition) is 1. The molecule has 0 spiro atoms. The van der Waals surface area contributed by atoms with E-state index in [1.807, 2.05) is 0 Å². The van der Waals surface area contributed by atoms with Gasteiger partial charge in [0.2, 0.25) is 5.89 Å². The molecule has 4 nitrogen and oxygen atoms in total. The highest BCUT2D eigenvalue weighted by Gasteiger charge is 2.06. The Kier molecular flexibility index (Phi) is 3.82. The molecule has 17 heavy (non-hydrogen) atoms. The second-order valence-electron chi connectivity index (χ2n) is 3.80. The average molecular weight is 235 g/mol. The molecule has 2 rings (SSSR count). The lowest BCUT2D eigenvalue weighted by molar-refractivity contribution is 0.371. The quantitative estimate of drug-likeness (QED) is 0.856. The maximum atomic E-state index is 12.7. The number of benzene rings is 1. The van der Waals surface area contributed by atoms with Gasteiger partial charge in [-0.25, -0.2) is 4.39 Å². The van der Waals surface area contributed by atoms with Gasteiger partial charge >= 0.3 is 0 Å². The number of nitrogens with zero attached hydrogens (tertiary/aromatic N) is 2. The molecule has 1 aromatic carbocycles. The second-order valence-corrected chi connectivity index (χ2v) is 3.80. The zero-order valence-corrected chi connectivity index (χ0v) is 9.40. The minimum atomic E-state index is -0.245. The summed E-state index contributed by atoms with van der Waals surface area (Å²) in [6, 6.07) is 6.27.